The van der Waals surface area contributed by atoms with Gasteiger partial charge in [-0.1, -0.05) is 30.3 Å². The molecule has 0 aromatic heterocycles. The van der Waals surface area contributed by atoms with Crippen LogP contribution in [0.3, 0.4) is 0 Å². The first-order valence-corrected chi connectivity index (χ1v) is 9.01. The summed E-state index contributed by atoms with van der Waals surface area (Å²) < 4.78 is 11.5. The molecule has 1 aromatic rings. The summed E-state index contributed by atoms with van der Waals surface area (Å²) in [4.78, 5) is 14.6. The molecule has 1 aromatic carbocycles. The lowest BCUT2D eigenvalue weighted by atomic mass is 10.1. The Morgan fingerprint density at radius 3 is 2.79 bits per heavy atom. The average Bonchev–Trinajstić information content (AvgIpc) is 3.14. The number of carbonyl (C=O) groups excluding carboxylic acids is 1. The molecule has 2 fully saturated rings. The van der Waals surface area contributed by atoms with Gasteiger partial charge < -0.3 is 14.8 Å². The minimum atomic E-state index is -0.131. The summed E-state index contributed by atoms with van der Waals surface area (Å²) in [7, 11) is 0. The molecule has 5 heteroatoms. The van der Waals surface area contributed by atoms with E-state index < -0.39 is 0 Å². The highest BCUT2D eigenvalue weighted by Gasteiger charge is 2.28. The molecule has 2 aliphatic heterocycles. The van der Waals surface area contributed by atoms with Crippen LogP contribution in [0.2, 0.25) is 0 Å². The molecule has 3 rings (SSSR count). The molecule has 5 nitrogen and oxygen atoms in total. The monoisotopic (exact) mass is 332 g/mol. The van der Waals surface area contributed by atoms with Crippen LogP contribution in [0, 0.1) is 0 Å². The lowest BCUT2D eigenvalue weighted by molar-refractivity contribution is -0.129. The van der Waals surface area contributed by atoms with E-state index in [9.17, 15) is 4.79 Å². The fraction of sp³-hybridized carbons (Fsp3) is 0.632. The number of amides is 1. The Morgan fingerprint density at radius 2 is 2.04 bits per heavy atom. The number of hydrogen-bond donors (Lipinski definition) is 1. The van der Waals surface area contributed by atoms with Gasteiger partial charge in [0.05, 0.1) is 24.9 Å². The molecule has 0 bridgehead atoms. The van der Waals surface area contributed by atoms with Gasteiger partial charge >= 0.3 is 0 Å². The number of carbonyl (C=O) groups is 1. The van der Waals surface area contributed by atoms with E-state index in [0.717, 1.165) is 39.0 Å². The highest BCUT2D eigenvalue weighted by atomic mass is 16.5. The summed E-state index contributed by atoms with van der Waals surface area (Å²) in [5.41, 5.74) is 1.28. The zero-order chi connectivity index (χ0) is 16.8. The van der Waals surface area contributed by atoms with E-state index in [4.69, 9.17) is 9.47 Å². The number of ether oxygens (including phenoxy) is 2. The van der Waals surface area contributed by atoms with Gasteiger partial charge in [-0.2, -0.15) is 0 Å². The summed E-state index contributed by atoms with van der Waals surface area (Å²) >= 11 is 0. The van der Waals surface area contributed by atoms with Gasteiger partial charge in [-0.15, -0.1) is 0 Å². The van der Waals surface area contributed by atoms with Gasteiger partial charge in [0.1, 0.15) is 0 Å². The summed E-state index contributed by atoms with van der Waals surface area (Å²) in [6.07, 6.45) is 3.37. The molecule has 0 spiro atoms. The van der Waals surface area contributed by atoms with Gasteiger partial charge in [-0.25, -0.2) is 0 Å². The third-order valence-electron chi connectivity index (χ3n) is 4.93. The zero-order valence-corrected chi connectivity index (χ0v) is 14.4. The maximum Gasteiger partial charge on any atom is 0.237 e. The molecule has 2 heterocycles. The van der Waals surface area contributed by atoms with E-state index in [0.29, 0.717) is 13.2 Å². The molecule has 2 saturated heterocycles. The number of rotatable bonds is 6. The van der Waals surface area contributed by atoms with Crippen LogP contribution in [-0.4, -0.2) is 61.9 Å². The molecule has 0 unspecified atom stereocenters. The standard InChI is InChI=1S/C19H28N2O3/c1-15(19(22)20-13-17-8-5-10-23-17)21-9-11-24-18(14-21)12-16-6-3-2-4-7-16/h2-4,6-7,15,17-18H,5,8-14H2,1H3,(H,20,22)/t15-,17+,18-/m1/s1. The third-order valence-corrected chi connectivity index (χ3v) is 4.93. The van der Waals surface area contributed by atoms with Crippen LogP contribution in [0.15, 0.2) is 30.3 Å². The lowest BCUT2D eigenvalue weighted by Gasteiger charge is -2.36. The van der Waals surface area contributed by atoms with Gasteiger partial charge in [-0.3, -0.25) is 9.69 Å². The molecule has 1 amide bonds. The van der Waals surface area contributed by atoms with Gasteiger partial charge in [0.2, 0.25) is 5.91 Å². The zero-order valence-electron chi connectivity index (χ0n) is 14.4. The number of morpholine rings is 1. The van der Waals surface area contributed by atoms with Crippen molar-refractivity contribution in [1.29, 1.82) is 0 Å². The fourth-order valence-electron chi connectivity index (χ4n) is 3.43. The number of benzene rings is 1. The molecule has 0 aliphatic carbocycles. The van der Waals surface area contributed by atoms with Crippen LogP contribution >= 0.6 is 0 Å². The van der Waals surface area contributed by atoms with Crippen molar-refractivity contribution < 1.29 is 14.3 Å². The van der Waals surface area contributed by atoms with Crippen molar-refractivity contribution in [3.8, 4) is 0 Å². The Bertz CT molecular complexity index is 517. The molecular formula is C19H28N2O3. The predicted molar refractivity (Wildman–Crippen MR) is 92.9 cm³/mol. The first kappa shape index (κ1) is 17.4. The SMILES string of the molecule is C[C@H](C(=O)NC[C@@H]1CCCO1)N1CCO[C@H](Cc2ccccc2)C1. The van der Waals surface area contributed by atoms with Gasteiger partial charge in [-0.05, 0) is 31.7 Å². The Kier molecular flexibility index (Phi) is 6.24. The van der Waals surface area contributed by atoms with Crippen molar-refractivity contribution in [2.75, 3.05) is 32.8 Å². The predicted octanol–water partition coefficient (Wildman–Crippen LogP) is 1.61. The Hall–Kier alpha value is -1.43. The summed E-state index contributed by atoms with van der Waals surface area (Å²) in [6.45, 7) is 5.71. The van der Waals surface area contributed by atoms with Crippen LogP contribution in [-0.2, 0) is 20.7 Å². The van der Waals surface area contributed by atoms with E-state index in [1.54, 1.807) is 0 Å². The van der Waals surface area contributed by atoms with Crippen molar-refractivity contribution in [3.05, 3.63) is 35.9 Å². The Morgan fingerprint density at radius 1 is 1.25 bits per heavy atom. The first-order valence-electron chi connectivity index (χ1n) is 9.01. The number of nitrogens with zero attached hydrogens (tertiary/aromatic N) is 1. The van der Waals surface area contributed by atoms with Crippen LogP contribution in [0.4, 0.5) is 0 Å². The second-order valence-corrected chi connectivity index (χ2v) is 6.73. The minimum absolute atomic E-state index is 0.0888. The van der Waals surface area contributed by atoms with Crippen molar-refractivity contribution in [1.82, 2.24) is 10.2 Å². The topological polar surface area (TPSA) is 50.8 Å². The quantitative estimate of drug-likeness (QED) is 0.860. The Labute approximate surface area is 144 Å². The van der Waals surface area contributed by atoms with E-state index >= 15 is 0 Å². The van der Waals surface area contributed by atoms with Gasteiger partial charge in [0.15, 0.2) is 0 Å². The van der Waals surface area contributed by atoms with Crippen molar-refractivity contribution in [3.63, 3.8) is 0 Å². The minimum Gasteiger partial charge on any atom is -0.376 e. The normalized spacial score (nSPS) is 26.2. The lowest BCUT2D eigenvalue weighted by Crippen LogP contribution is -2.53. The number of hydrogen-bond acceptors (Lipinski definition) is 4. The van der Waals surface area contributed by atoms with Crippen molar-refractivity contribution in [2.24, 2.45) is 0 Å². The third kappa shape index (κ3) is 4.79. The maximum absolute atomic E-state index is 12.4. The molecule has 132 valence electrons. The van der Waals surface area contributed by atoms with Crippen LogP contribution in [0.5, 0.6) is 0 Å². The molecule has 2 aliphatic rings. The summed E-state index contributed by atoms with van der Waals surface area (Å²) in [5.74, 6) is 0.0888. The average molecular weight is 332 g/mol. The van der Waals surface area contributed by atoms with Crippen LogP contribution < -0.4 is 5.32 Å². The van der Waals surface area contributed by atoms with Crippen molar-refractivity contribution in [2.45, 2.75) is 44.4 Å². The van der Waals surface area contributed by atoms with E-state index in [-0.39, 0.29) is 24.2 Å². The second-order valence-electron chi connectivity index (χ2n) is 6.73. The van der Waals surface area contributed by atoms with E-state index in [1.165, 1.54) is 5.56 Å². The van der Waals surface area contributed by atoms with Crippen LogP contribution in [0.25, 0.3) is 0 Å². The van der Waals surface area contributed by atoms with E-state index in [1.807, 2.05) is 13.0 Å². The second kappa shape index (κ2) is 8.60. The van der Waals surface area contributed by atoms with Crippen molar-refractivity contribution >= 4 is 5.91 Å². The number of nitrogens with one attached hydrogen (secondary N) is 1. The van der Waals surface area contributed by atoms with Crippen LogP contribution in [0.1, 0.15) is 25.3 Å². The smallest absolute Gasteiger partial charge is 0.237 e. The molecule has 1 N–H and O–H groups in total. The summed E-state index contributed by atoms with van der Waals surface area (Å²) in [6, 6.07) is 10.3. The largest absolute Gasteiger partial charge is 0.376 e. The van der Waals surface area contributed by atoms with E-state index in [2.05, 4.69) is 34.5 Å². The summed E-state index contributed by atoms with van der Waals surface area (Å²) in [5, 5.41) is 3.04. The fourth-order valence-corrected chi connectivity index (χ4v) is 3.43. The first-order chi connectivity index (χ1) is 11.7. The molecule has 24 heavy (non-hydrogen) atoms. The highest BCUT2D eigenvalue weighted by Crippen LogP contribution is 2.15. The molecule has 0 radical (unpaired) electrons. The molecule has 3 atom stereocenters. The molecule has 0 saturated carbocycles. The van der Waals surface area contributed by atoms with Gasteiger partial charge in [0.25, 0.3) is 0 Å². The maximum atomic E-state index is 12.4. The highest BCUT2D eigenvalue weighted by molar-refractivity contribution is 5.81. The Balaban J connectivity index is 1.46. The van der Waals surface area contributed by atoms with Gasteiger partial charge in [0, 0.05) is 26.2 Å². The molecular weight excluding hydrogens is 304 g/mol.